The monoisotopic (exact) mass is 369 g/mol. The van der Waals surface area contributed by atoms with Crippen molar-refractivity contribution < 1.29 is 13.9 Å². The molecule has 2 aromatic carbocycles. The molecule has 0 atom stereocenters. The molecule has 1 aliphatic rings. The first-order valence-corrected chi connectivity index (χ1v) is 9.84. The molecule has 1 amide bonds. The van der Waals surface area contributed by atoms with Crippen molar-refractivity contribution in [1.82, 2.24) is 0 Å². The number of nitrogens with zero attached hydrogens (tertiary/aromatic N) is 1. The Morgan fingerprint density at radius 3 is 2.78 bits per heavy atom. The zero-order valence-electron chi connectivity index (χ0n) is 16.4. The van der Waals surface area contributed by atoms with Gasteiger partial charge in [0.25, 0.3) is 0 Å². The quantitative estimate of drug-likeness (QED) is 0.692. The highest BCUT2D eigenvalue weighted by molar-refractivity contribution is 5.97. The lowest BCUT2D eigenvalue weighted by molar-refractivity contribution is -0.121. The van der Waals surface area contributed by atoms with Crippen molar-refractivity contribution in [2.45, 2.75) is 53.1 Å². The highest BCUT2D eigenvalue weighted by Crippen LogP contribution is 2.37. The molecule has 0 spiro atoms. The number of hydrogen-bond acceptors (Lipinski definition) is 2. The van der Waals surface area contributed by atoms with E-state index in [0.29, 0.717) is 12.3 Å². The van der Waals surface area contributed by atoms with Gasteiger partial charge in [-0.3, -0.25) is 4.79 Å². The van der Waals surface area contributed by atoms with Crippen LogP contribution in [0.1, 0.15) is 50.3 Å². The summed E-state index contributed by atoms with van der Waals surface area (Å²) in [5, 5.41) is 0. The van der Waals surface area contributed by atoms with E-state index in [1.807, 2.05) is 49.9 Å². The van der Waals surface area contributed by atoms with Crippen LogP contribution in [0.4, 0.5) is 10.1 Å². The summed E-state index contributed by atoms with van der Waals surface area (Å²) in [4.78, 5) is 14.5. The third-order valence-corrected chi connectivity index (χ3v) is 4.97. The second-order valence-corrected chi connectivity index (χ2v) is 7.48. The molecule has 0 unspecified atom stereocenters. The zero-order chi connectivity index (χ0) is 19.4. The van der Waals surface area contributed by atoms with E-state index in [1.54, 1.807) is 6.07 Å². The zero-order valence-corrected chi connectivity index (χ0v) is 16.4. The van der Waals surface area contributed by atoms with Gasteiger partial charge in [0.15, 0.2) is 0 Å². The van der Waals surface area contributed by atoms with Crippen molar-refractivity contribution >= 4 is 11.6 Å². The SMILES string of the molecule is CCCc1ccc(COc2cccc3c2N(C(=O)C(C)C)CCC3)cc1F. The molecule has 0 fully saturated rings. The van der Waals surface area contributed by atoms with Gasteiger partial charge >= 0.3 is 0 Å². The van der Waals surface area contributed by atoms with Crippen molar-refractivity contribution in [3.63, 3.8) is 0 Å². The third-order valence-electron chi connectivity index (χ3n) is 4.97. The number of aryl methyl sites for hydroxylation is 2. The van der Waals surface area contributed by atoms with E-state index in [9.17, 15) is 9.18 Å². The van der Waals surface area contributed by atoms with E-state index in [1.165, 1.54) is 0 Å². The predicted molar refractivity (Wildman–Crippen MR) is 107 cm³/mol. The fourth-order valence-corrected chi connectivity index (χ4v) is 3.58. The van der Waals surface area contributed by atoms with Crippen molar-refractivity contribution in [3.8, 4) is 5.75 Å². The maximum absolute atomic E-state index is 14.2. The number of amides is 1. The average molecular weight is 369 g/mol. The number of halogens is 1. The highest BCUT2D eigenvalue weighted by atomic mass is 19.1. The first-order chi connectivity index (χ1) is 13.0. The minimum atomic E-state index is -0.176. The molecule has 1 aliphatic heterocycles. The molecule has 0 aromatic heterocycles. The summed E-state index contributed by atoms with van der Waals surface area (Å²) in [5.41, 5.74) is 3.55. The third kappa shape index (κ3) is 4.32. The lowest BCUT2D eigenvalue weighted by atomic mass is 9.99. The number of fused-ring (bicyclic) bond motifs is 1. The van der Waals surface area contributed by atoms with Crippen LogP contribution in [0.2, 0.25) is 0 Å². The highest BCUT2D eigenvalue weighted by Gasteiger charge is 2.27. The number of anilines is 1. The van der Waals surface area contributed by atoms with Crippen molar-refractivity contribution in [3.05, 3.63) is 58.9 Å². The van der Waals surface area contributed by atoms with Gasteiger partial charge < -0.3 is 9.64 Å². The maximum Gasteiger partial charge on any atom is 0.229 e. The Labute approximate surface area is 161 Å². The molecule has 0 aliphatic carbocycles. The molecule has 0 radical (unpaired) electrons. The minimum absolute atomic E-state index is 0.0655. The lowest BCUT2D eigenvalue weighted by Crippen LogP contribution is -2.38. The predicted octanol–water partition coefficient (Wildman–Crippen LogP) is 5.29. The molecule has 144 valence electrons. The first kappa shape index (κ1) is 19.4. The molecule has 4 heteroatoms. The number of benzene rings is 2. The first-order valence-electron chi connectivity index (χ1n) is 9.84. The summed E-state index contributed by atoms with van der Waals surface area (Å²) in [6.45, 7) is 6.87. The van der Waals surface area contributed by atoms with E-state index >= 15 is 0 Å². The van der Waals surface area contributed by atoms with Gasteiger partial charge in [-0.15, -0.1) is 0 Å². The Balaban J connectivity index is 1.82. The summed E-state index contributed by atoms with van der Waals surface area (Å²) >= 11 is 0. The fourth-order valence-electron chi connectivity index (χ4n) is 3.58. The number of carbonyl (C=O) groups is 1. The van der Waals surface area contributed by atoms with Gasteiger partial charge in [0.05, 0.1) is 5.69 Å². The van der Waals surface area contributed by atoms with Crippen LogP contribution in [0.5, 0.6) is 5.75 Å². The lowest BCUT2D eigenvalue weighted by Gasteiger charge is -2.32. The maximum atomic E-state index is 14.2. The van der Waals surface area contributed by atoms with E-state index in [0.717, 1.165) is 48.1 Å². The Morgan fingerprint density at radius 2 is 2.07 bits per heavy atom. The Hall–Kier alpha value is -2.36. The summed E-state index contributed by atoms with van der Waals surface area (Å²) in [5.74, 6) is 0.565. The van der Waals surface area contributed by atoms with Crippen molar-refractivity contribution in [2.75, 3.05) is 11.4 Å². The molecular weight excluding hydrogens is 341 g/mol. The Morgan fingerprint density at radius 1 is 1.26 bits per heavy atom. The summed E-state index contributed by atoms with van der Waals surface area (Å²) in [6.07, 6.45) is 3.56. The number of hydrogen-bond donors (Lipinski definition) is 0. The standard InChI is InChI=1S/C23H28FNO2/c1-4-7-18-12-11-17(14-20(18)24)15-27-21-10-5-8-19-9-6-13-25(22(19)21)23(26)16(2)3/h5,8,10-12,14,16H,4,6-7,9,13,15H2,1-3H3. The summed E-state index contributed by atoms with van der Waals surface area (Å²) in [6, 6.07) is 11.2. The van der Waals surface area contributed by atoms with E-state index in [4.69, 9.17) is 4.74 Å². The largest absolute Gasteiger partial charge is 0.487 e. The van der Waals surface area contributed by atoms with Crippen LogP contribution in [0.25, 0.3) is 0 Å². The van der Waals surface area contributed by atoms with E-state index in [2.05, 4.69) is 6.07 Å². The second kappa shape index (κ2) is 8.55. The van der Waals surface area contributed by atoms with Crippen LogP contribution in [-0.2, 0) is 24.2 Å². The fraction of sp³-hybridized carbons (Fsp3) is 0.435. The van der Waals surface area contributed by atoms with Crippen molar-refractivity contribution in [1.29, 1.82) is 0 Å². The number of ether oxygens (including phenoxy) is 1. The van der Waals surface area contributed by atoms with Crippen molar-refractivity contribution in [2.24, 2.45) is 5.92 Å². The van der Waals surface area contributed by atoms with E-state index < -0.39 is 0 Å². The van der Waals surface area contributed by atoms with Gasteiger partial charge in [0, 0.05) is 12.5 Å². The van der Waals surface area contributed by atoms with Gasteiger partial charge in [0.2, 0.25) is 5.91 Å². The molecule has 0 N–H and O–H groups in total. The topological polar surface area (TPSA) is 29.5 Å². The molecule has 0 saturated heterocycles. The van der Waals surface area contributed by atoms with Crippen LogP contribution >= 0.6 is 0 Å². The van der Waals surface area contributed by atoms with Crippen LogP contribution in [0.15, 0.2) is 36.4 Å². The Bertz CT molecular complexity index is 816. The summed E-state index contributed by atoms with van der Waals surface area (Å²) < 4.78 is 20.2. The normalized spacial score (nSPS) is 13.6. The van der Waals surface area contributed by atoms with Gasteiger partial charge in [-0.05, 0) is 48.1 Å². The van der Waals surface area contributed by atoms with Crippen LogP contribution in [-0.4, -0.2) is 12.5 Å². The molecule has 2 aromatic rings. The summed E-state index contributed by atoms with van der Waals surface area (Å²) in [7, 11) is 0. The number of para-hydroxylation sites is 1. The van der Waals surface area contributed by atoms with Crippen LogP contribution in [0, 0.1) is 11.7 Å². The van der Waals surface area contributed by atoms with Gasteiger partial charge in [0.1, 0.15) is 18.2 Å². The minimum Gasteiger partial charge on any atom is -0.487 e. The second-order valence-electron chi connectivity index (χ2n) is 7.48. The van der Waals surface area contributed by atoms with Gasteiger partial charge in [-0.2, -0.15) is 0 Å². The number of rotatable bonds is 6. The van der Waals surface area contributed by atoms with Gasteiger partial charge in [-0.1, -0.05) is 51.5 Å². The molecule has 1 heterocycles. The number of carbonyl (C=O) groups excluding carboxylic acids is 1. The Kier molecular flexibility index (Phi) is 6.15. The molecular formula is C23H28FNO2. The smallest absolute Gasteiger partial charge is 0.229 e. The van der Waals surface area contributed by atoms with Gasteiger partial charge in [-0.25, -0.2) is 4.39 Å². The van der Waals surface area contributed by atoms with Crippen LogP contribution < -0.4 is 9.64 Å². The molecule has 3 rings (SSSR count). The molecule has 27 heavy (non-hydrogen) atoms. The molecule has 0 bridgehead atoms. The van der Waals surface area contributed by atoms with E-state index in [-0.39, 0.29) is 24.2 Å². The van der Waals surface area contributed by atoms with Crippen LogP contribution in [0.3, 0.4) is 0 Å². The molecule has 3 nitrogen and oxygen atoms in total. The molecule has 0 saturated carbocycles. The average Bonchev–Trinajstić information content (AvgIpc) is 2.67.